The van der Waals surface area contributed by atoms with Crippen LogP contribution in [0.4, 0.5) is 5.69 Å². The van der Waals surface area contributed by atoms with Crippen molar-refractivity contribution in [1.29, 1.82) is 0 Å². The number of rotatable bonds is 7. The van der Waals surface area contributed by atoms with Crippen LogP contribution in [0.5, 0.6) is 17.2 Å². The number of allylic oxidation sites excluding steroid dienone is 1. The molecule has 264 valence electrons. The van der Waals surface area contributed by atoms with Gasteiger partial charge in [0.2, 0.25) is 0 Å². The van der Waals surface area contributed by atoms with Gasteiger partial charge in [-0.15, -0.1) is 0 Å². The van der Waals surface area contributed by atoms with Crippen LogP contribution in [0.2, 0.25) is 0 Å². The van der Waals surface area contributed by atoms with Gasteiger partial charge in [0.25, 0.3) is 0 Å². The van der Waals surface area contributed by atoms with Crippen LogP contribution in [0.15, 0.2) is 89.9 Å². The second-order valence-corrected chi connectivity index (χ2v) is 13.6. The quantitative estimate of drug-likeness (QED) is 0.0593. The first-order valence-electron chi connectivity index (χ1n) is 17.8. The van der Waals surface area contributed by atoms with Gasteiger partial charge in [0.15, 0.2) is 17.5 Å². The van der Waals surface area contributed by atoms with Gasteiger partial charge in [-0.1, -0.05) is 54.8 Å². The van der Waals surface area contributed by atoms with Gasteiger partial charge in [-0.05, 0) is 114 Å². The zero-order valence-corrected chi connectivity index (χ0v) is 29.5. The van der Waals surface area contributed by atoms with E-state index in [2.05, 4.69) is 52.7 Å². The molecule has 0 fully saturated rings. The maximum absolute atomic E-state index is 13.5. The maximum Gasteiger partial charge on any atom is 0.192 e. The van der Waals surface area contributed by atoms with Crippen molar-refractivity contribution in [2.45, 2.75) is 76.4 Å². The van der Waals surface area contributed by atoms with Gasteiger partial charge < -0.3 is 30.4 Å². The average molecular weight is 686 g/mol. The third kappa shape index (κ3) is 9.23. The summed E-state index contributed by atoms with van der Waals surface area (Å²) in [5, 5.41) is 15.8. The number of Topliss-reactive ketones (excluding diaryl/α,β-unsaturated/α-hetero) is 1. The number of nitrogens with two attached hydrogens (primary N) is 1. The van der Waals surface area contributed by atoms with E-state index in [1.807, 2.05) is 48.5 Å². The molecule has 0 unspecified atom stereocenters. The number of ether oxygens (including phenoxy) is 3. The van der Waals surface area contributed by atoms with Gasteiger partial charge in [-0.3, -0.25) is 9.79 Å². The number of nitrogens with zero attached hydrogens (tertiary/aromatic N) is 1. The topological polar surface area (TPSA) is 115 Å². The first kappa shape index (κ1) is 35.4. The van der Waals surface area contributed by atoms with Crippen LogP contribution in [-0.4, -0.2) is 36.6 Å². The van der Waals surface area contributed by atoms with E-state index in [-0.39, 0.29) is 18.0 Å². The van der Waals surface area contributed by atoms with E-state index in [4.69, 9.17) is 19.9 Å². The molecule has 8 nitrogen and oxygen atoms in total. The van der Waals surface area contributed by atoms with Crippen LogP contribution in [0, 0.1) is 17.9 Å². The highest BCUT2D eigenvalue weighted by Crippen LogP contribution is 2.36. The minimum atomic E-state index is -0.787. The van der Waals surface area contributed by atoms with Crippen LogP contribution in [0.1, 0.15) is 67.2 Å². The van der Waals surface area contributed by atoms with Gasteiger partial charge in [-0.2, -0.15) is 0 Å². The largest absolute Gasteiger partial charge is 0.508 e. The highest BCUT2D eigenvalue weighted by molar-refractivity contribution is 5.92. The molecule has 7 rings (SSSR count). The Morgan fingerprint density at radius 3 is 2.78 bits per heavy atom. The summed E-state index contributed by atoms with van der Waals surface area (Å²) >= 11 is 0. The number of guanidine groups is 1. The fourth-order valence-electron chi connectivity index (χ4n) is 7.00. The Kier molecular flexibility index (Phi) is 11.5. The van der Waals surface area contributed by atoms with Crippen LogP contribution >= 0.6 is 0 Å². The summed E-state index contributed by atoms with van der Waals surface area (Å²) in [7, 11) is 3.29. The van der Waals surface area contributed by atoms with Crippen molar-refractivity contribution in [2.75, 3.05) is 19.5 Å². The number of aromatic hydroxyl groups is 1. The van der Waals surface area contributed by atoms with E-state index in [9.17, 15) is 9.90 Å². The first-order chi connectivity index (χ1) is 24.8. The van der Waals surface area contributed by atoms with Crippen molar-refractivity contribution in [1.82, 2.24) is 0 Å². The molecule has 8 heteroatoms. The Bertz CT molecular complexity index is 1990. The lowest BCUT2D eigenvalue weighted by Crippen LogP contribution is -2.35. The van der Waals surface area contributed by atoms with Crippen molar-refractivity contribution >= 4 is 28.2 Å². The van der Waals surface area contributed by atoms with Gasteiger partial charge >= 0.3 is 0 Å². The van der Waals surface area contributed by atoms with Crippen LogP contribution in [-0.2, 0) is 35.4 Å². The molecule has 0 aromatic heterocycles. The number of methoxy groups -OCH3 is 1. The number of phenols is 1. The number of carbonyl (C=O) groups is 1. The summed E-state index contributed by atoms with van der Waals surface area (Å²) in [5.41, 5.74) is 9.99. The molecule has 2 aliphatic heterocycles. The molecule has 0 saturated heterocycles. The third-order valence-electron chi connectivity index (χ3n) is 9.92. The first-order valence-corrected chi connectivity index (χ1v) is 17.8. The Hall–Kier alpha value is -5.42. The lowest BCUT2D eigenvalue weighted by molar-refractivity contribution is -0.122. The number of benzene rings is 4. The van der Waals surface area contributed by atoms with Crippen molar-refractivity contribution in [2.24, 2.45) is 16.6 Å². The number of ketones is 1. The Morgan fingerprint density at radius 2 is 1.96 bits per heavy atom. The van der Waals surface area contributed by atoms with Crippen LogP contribution < -0.4 is 20.5 Å². The average Bonchev–Trinajstić information content (AvgIpc) is 3.14. The molecule has 6 bridgehead atoms. The molecular weight excluding hydrogens is 638 g/mol. The molecule has 0 saturated carbocycles. The maximum atomic E-state index is 13.5. The van der Waals surface area contributed by atoms with Gasteiger partial charge in [-0.25, -0.2) is 0 Å². The lowest BCUT2D eigenvalue weighted by Gasteiger charge is -2.33. The fraction of sp³-hybridized carbons (Fsp3) is 0.349. The van der Waals surface area contributed by atoms with E-state index in [0.29, 0.717) is 55.7 Å². The zero-order chi connectivity index (χ0) is 35.6. The van der Waals surface area contributed by atoms with Gasteiger partial charge in [0.1, 0.15) is 29.8 Å². The van der Waals surface area contributed by atoms with E-state index >= 15 is 0 Å². The number of nitrogens with one attached hydrogen (secondary N) is 1. The predicted octanol–water partition coefficient (Wildman–Crippen LogP) is 8.03. The Balaban J connectivity index is 1.17. The van der Waals surface area contributed by atoms with E-state index in [0.717, 1.165) is 65.3 Å². The molecule has 4 aromatic rings. The smallest absolute Gasteiger partial charge is 0.192 e. The number of aryl methyl sites for hydroxylation is 2. The number of aliphatic imine (C=N–C) groups is 1. The molecule has 1 aliphatic carbocycles. The fourth-order valence-corrected chi connectivity index (χ4v) is 7.00. The van der Waals surface area contributed by atoms with E-state index in [1.165, 1.54) is 5.56 Å². The summed E-state index contributed by atoms with van der Waals surface area (Å²) in [6.45, 7) is 0.352. The van der Waals surface area contributed by atoms with Crippen molar-refractivity contribution in [3.63, 3.8) is 0 Å². The summed E-state index contributed by atoms with van der Waals surface area (Å²) in [6, 6.07) is 23.8. The standard InChI is InChI=1S/C43H47N3O5/c1-45-42(44)46-35-10-5-9-31(26-35)8-4-3-7-30-20-22-43(23-21-30)28-36(47)16-12-32-14-19-40(49-2)41(27-32)50-29-33-13-17-37-34(25-33)15-18-39(48)38(37)11-6-24-51-43/h5,9-10,13-15,17-20,22,25-27,30,48H,3-4,7-8,11-12,16,21,23,28-29H2,1-2H3,(H3,44,45,46)/t30-,43+/m1/s1. The summed E-state index contributed by atoms with van der Waals surface area (Å²) in [4.78, 5) is 17.5. The monoisotopic (exact) mass is 685 g/mol. The highest BCUT2D eigenvalue weighted by Gasteiger charge is 2.35. The van der Waals surface area contributed by atoms with E-state index < -0.39 is 5.60 Å². The zero-order valence-electron chi connectivity index (χ0n) is 29.5. The molecule has 0 radical (unpaired) electrons. The molecular formula is C43H47N3O5. The van der Waals surface area contributed by atoms with Crippen LogP contribution in [0.3, 0.4) is 0 Å². The Morgan fingerprint density at radius 1 is 1.08 bits per heavy atom. The van der Waals surface area contributed by atoms with Gasteiger partial charge in [0.05, 0.1) is 13.5 Å². The molecule has 2 atom stereocenters. The van der Waals surface area contributed by atoms with E-state index in [1.54, 1.807) is 20.2 Å². The molecule has 4 aromatic carbocycles. The number of carbonyl (C=O) groups excluding carboxylic acids is 1. The normalized spacial score (nSPS) is 19.4. The summed E-state index contributed by atoms with van der Waals surface area (Å²) < 4.78 is 18.1. The number of hydrogen-bond acceptors (Lipinski definition) is 6. The summed E-state index contributed by atoms with van der Waals surface area (Å²) in [6.07, 6.45) is 14.7. The van der Waals surface area contributed by atoms with Gasteiger partial charge in [0, 0.05) is 31.1 Å². The minimum Gasteiger partial charge on any atom is -0.508 e. The van der Waals surface area contributed by atoms with Crippen molar-refractivity contribution < 1.29 is 24.1 Å². The molecule has 2 heterocycles. The lowest BCUT2D eigenvalue weighted by atomic mass is 9.79. The number of anilines is 1. The molecule has 3 aliphatic rings. The molecule has 4 N–H and O–H groups in total. The molecule has 51 heavy (non-hydrogen) atoms. The Labute approximate surface area is 300 Å². The number of phenolic OH excluding ortho intramolecular Hbond substituents is 1. The minimum absolute atomic E-state index is 0.125. The SMILES string of the molecule is CN=C(N)Nc1cccc(CCCC[C@@H]2C=C[C@]3(CC2)CC(=O)CCc2ccc(OC)c(c2)OCc2ccc4c(c(O)ccc4c2)CC#CO3)c1. The second kappa shape index (κ2) is 16.5. The molecule has 1 spiro atoms. The van der Waals surface area contributed by atoms with Crippen LogP contribution in [0.25, 0.3) is 10.8 Å². The third-order valence-corrected chi connectivity index (χ3v) is 9.92. The predicted molar refractivity (Wildman–Crippen MR) is 203 cm³/mol. The molecule has 0 amide bonds. The highest BCUT2D eigenvalue weighted by atomic mass is 16.5. The number of unbranched alkanes of at least 4 members (excludes halogenated alkanes) is 1. The second-order valence-electron chi connectivity index (χ2n) is 13.6. The summed E-state index contributed by atoms with van der Waals surface area (Å²) in [5.74, 6) is 5.56. The van der Waals surface area contributed by atoms with Crippen molar-refractivity contribution in [3.05, 3.63) is 107 Å². The number of hydrogen-bond donors (Lipinski definition) is 3. The number of fused-ring (bicyclic) bond motifs is 7. The van der Waals surface area contributed by atoms with Crippen molar-refractivity contribution in [3.8, 4) is 29.3 Å².